The van der Waals surface area contributed by atoms with Crippen LogP contribution in [0.15, 0.2) is 0 Å². The average molecular weight is 1980 g/mol. The Bertz CT molecular complexity index is 2450. The quantitative estimate of drug-likeness (QED) is 0.0553. The van der Waals surface area contributed by atoms with Crippen LogP contribution in [0, 0.1) is 0 Å². The van der Waals surface area contributed by atoms with Crippen molar-refractivity contribution in [1.29, 1.82) is 0 Å². The summed E-state index contributed by atoms with van der Waals surface area (Å²) < 4.78 is 206. The van der Waals surface area contributed by atoms with E-state index in [1.165, 1.54) is 0 Å². The highest BCUT2D eigenvalue weighted by atomic mass is 16.7. The lowest BCUT2D eigenvalue weighted by Gasteiger charge is -2.24. The minimum atomic E-state index is -0.137. The summed E-state index contributed by atoms with van der Waals surface area (Å²) in [5.74, 6) is 0. The van der Waals surface area contributed by atoms with Gasteiger partial charge in [-0.05, 0) is 201 Å². The van der Waals surface area contributed by atoms with Crippen LogP contribution >= 0.6 is 0 Å². The van der Waals surface area contributed by atoms with Crippen LogP contribution in [-0.2, 0) is 166 Å². The maximum atomic E-state index is 6.06. The lowest BCUT2D eigenvalue weighted by molar-refractivity contribution is -0.118. The molecule has 818 valence electrons. The van der Waals surface area contributed by atoms with Gasteiger partial charge in [0.2, 0.25) is 0 Å². The van der Waals surface area contributed by atoms with Crippen LogP contribution in [0.5, 0.6) is 0 Å². The summed E-state index contributed by atoms with van der Waals surface area (Å²) in [6.07, 6.45) is -3.34. The number of methoxy groups -OCH3 is 1. The van der Waals surface area contributed by atoms with Gasteiger partial charge in [0.15, 0.2) is 0 Å². The first-order valence-corrected chi connectivity index (χ1v) is 50.8. The van der Waals surface area contributed by atoms with Gasteiger partial charge in [-0.25, -0.2) is 0 Å². The molecule has 0 saturated carbocycles. The summed E-state index contributed by atoms with van der Waals surface area (Å²) in [6.45, 7) is 76.2. The molecule has 36 heteroatoms. The summed E-state index contributed by atoms with van der Waals surface area (Å²) in [5, 5.41) is 0. The largest absolute Gasteiger partial charge is 0.382 e. The molecule has 0 saturated heterocycles. The third kappa shape index (κ3) is 90.1. The Balaban J connectivity index is 4.03. The smallest absolute Gasteiger partial charge is 0.0781 e. The highest BCUT2D eigenvalue weighted by Gasteiger charge is 2.24. The van der Waals surface area contributed by atoms with Crippen LogP contribution in [-0.4, -0.2) is 455 Å². The first kappa shape index (κ1) is 135. The second-order valence-electron chi connectivity index (χ2n) is 37.1. The van der Waals surface area contributed by atoms with Gasteiger partial charge >= 0.3 is 0 Å². The van der Waals surface area contributed by atoms with E-state index < -0.39 is 0 Å². The second kappa shape index (κ2) is 89.9. The summed E-state index contributed by atoms with van der Waals surface area (Å²) in [6, 6.07) is -0.00335. The molecule has 0 aromatic carbocycles. The molecule has 0 amide bonds. The SMILES string of the molecule is COCCOCCOCCOCCOCCOCCOCC(C)OCC(C)OCC(C)OCC(C)OCC(C)OCC(C)OCC(C)OCC(C)OCC(C)OCC(C)OCC(C)OCC(C)OCC(C)OCC(C)OCC(C)OCC(C)OCC(C)OCC(C)OCC(C)OCC(C)OCC(C)OCC(C)OCC(C)OCC(C)OCC(C)OCC(C)OCC(C)OCC(C)OCC(C)N. The molecule has 0 rings (SSSR count). The fourth-order valence-corrected chi connectivity index (χ4v) is 11.2. The molecule has 0 aromatic heterocycles. The molecular formula is C100H203NO35. The van der Waals surface area contributed by atoms with E-state index in [0.29, 0.717) is 271 Å². The van der Waals surface area contributed by atoms with Crippen LogP contribution in [0.1, 0.15) is 201 Å². The zero-order chi connectivity index (χ0) is 101. The maximum absolute atomic E-state index is 6.06. The fourth-order valence-electron chi connectivity index (χ4n) is 11.2. The van der Waals surface area contributed by atoms with Gasteiger partial charge < -0.3 is 172 Å². The molecule has 0 fully saturated rings. The van der Waals surface area contributed by atoms with Crippen molar-refractivity contribution in [2.24, 2.45) is 5.73 Å². The van der Waals surface area contributed by atoms with Crippen molar-refractivity contribution in [1.82, 2.24) is 0 Å². The van der Waals surface area contributed by atoms with Crippen molar-refractivity contribution >= 4 is 0 Å². The van der Waals surface area contributed by atoms with Gasteiger partial charge in [-0.15, -0.1) is 0 Å². The van der Waals surface area contributed by atoms with Crippen molar-refractivity contribution in [3.8, 4) is 0 Å². The molecule has 0 heterocycles. The van der Waals surface area contributed by atoms with Crippen LogP contribution in [0.4, 0.5) is 0 Å². The van der Waals surface area contributed by atoms with Gasteiger partial charge in [-0.1, -0.05) is 0 Å². The Morgan fingerprint density at radius 2 is 0.191 bits per heavy atom. The molecule has 36 nitrogen and oxygen atoms in total. The second-order valence-corrected chi connectivity index (χ2v) is 37.1. The Hall–Kier alpha value is -1.44. The van der Waals surface area contributed by atoms with Crippen LogP contribution < -0.4 is 5.73 Å². The zero-order valence-electron chi connectivity index (χ0n) is 90.6. The van der Waals surface area contributed by atoms with Gasteiger partial charge in [0.1, 0.15) is 0 Å². The highest BCUT2D eigenvalue weighted by molar-refractivity contribution is 4.68. The van der Waals surface area contributed by atoms with Gasteiger partial charge in [0.25, 0.3) is 0 Å². The minimum absolute atomic E-state index is 0.00335. The number of rotatable bonds is 104. The predicted octanol–water partition coefficient (Wildman–Crippen LogP) is 11.4. The van der Waals surface area contributed by atoms with Crippen molar-refractivity contribution in [3.05, 3.63) is 0 Å². The molecule has 2 N–H and O–H groups in total. The van der Waals surface area contributed by atoms with E-state index in [0.717, 1.165) is 0 Å². The molecule has 0 aliphatic rings. The number of ether oxygens (including phenoxy) is 35. The van der Waals surface area contributed by atoms with E-state index in [-0.39, 0.29) is 177 Å². The van der Waals surface area contributed by atoms with E-state index in [9.17, 15) is 0 Å². The van der Waals surface area contributed by atoms with Crippen molar-refractivity contribution in [3.63, 3.8) is 0 Å². The average Bonchev–Trinajstić information content (AvgIpc) is 0.948. The number of nitrogens with two attached hydrogens (primary N) is 1. The van der Waals surface area contributed by atoms with Crippen molar-refractivity contribution in [2.45, 2.75) is 378 Å². The lowest BCUT2D eigenvalue weighted by Crippen LogP contribution is -2.31. The first-order valence-electron chi connectivity index (χ1n) is 50.8. The van der Waals surface area contributed by atoms with E-state index in [1.807, 2.05) is 201 Å². The minimum Gasteiger partial charge on any atom is -0.382 e. The Morgan fingerprint density at radius 1 is 0.110 bits per heavy atom. The number of hydrogen-bond acceptors (Lipinski definition) is 36. The molecule has 0 aliphatic heterocycles. The first-order chi connectivity index (χ1) is 64.8. The third-order valence-corrected chi connectivity index (χ3v) is 19.9. The molecule has 29 atom stereocenters. The Labute approximate surface area is 823 Å². The summed E-state index contributed by atoms with van der Waals surface area (Å²) >= 11 is 0. The monoisotopic (exact) mass is 1980 g/mol. The van der Waals surface area contributed by atoms with Crippen LogP contribution in [0.3, 0.4) is 0 Å². The lowest BCUT2D eigenvalue weighted by atomic mass is 10.3. The molecule has 0 spiro atoms. The Morgan fingerprint density at radius 3 is 0.287 bits per heavy atom. The van der Waals surface area contributed by atoms with Gasteiger partial charge in [0.05, 0.1) is 442 Å². The summed E-state index contributed by atoms with van der Waals surface area (Å²) in [5.41, 5.74) is 5.77. The van der Waals surface area contributed by atoms with Gasteiger partial charge in [-0.2, -0.15) is 0 Å². The van der Waals surface area contributed by atoms with E-state index in [1.54, 1.807) is 7.11 Å². The van der Waals surface area contributed by atoms with E-state index >= 15 is 0 Å². The van der Waals surface area contributed by atoms with E-state index in [4.69, 9.17) is 172 Å². The van der Waals surface area contributed by atoms with Crippen LogP contribution in [0.2, 0.25) is 0 Å². The van der Waals surface area contributed by atoms with Crippen molar-refractivity contribution in [2.75, 3.05) is 278 Å². The molecular weight excluding hydrogens is 1780 g/mol. The maximum Gasteiger partial charge on any atom is 0.0781 e. The third-order valence-electron chi connectivity index (χ3n) is 19.9. The molecule has 136 heavy (non-hydrogen) atoms. The van der Waals surface area contributed by atoms with Gasteiger partial charge in [-0.3, -0.25) is 0 Å². The normalized spacial score (nSPS) is 18.9. The molecule has 0 radical (unpaired) electrons. The predicted molar refractivity (Wildman–Crippen MR) is 522 cm³/mol. The standard InChI is InChI=1S/C100H203NO35/c1-72(101)43-109-74(3)45-111-76(5)47-113-78(7)49-115-80(9)51-117-82(11)53-119-84(13)55-121-86(15)57-123-88(17)59-125-90(19)61-127-92(21)63-129-94(23)65-131-96(25)67-133-98(27)69-135-100(29)71-136-99(28)70-134-97(26)68-132-95(24)66-130-93(22)64-128-91(20)62-126-89(18)60-124-87(16)58-122-85(14)56-120-83(12)54-118-81(10)52-116-79(8)50-114-77(6)48-112-75(4)46-110-73(2)44-108-42-41-107-40-39-106-38-37-105-36-35-104-34-33-103-32-31-102-30/h72-100H,31-71,101H2,1-30H3. The summed E-state index contributed by atoms with van der Waals surface area (Å²) in [4.78, 5) is 0. The van der Waals surface area contributed by atoms with Crippen LogP contribution in [0.25, 0.3) is 0 Å². The van der Waals surface area contributed by atoms with E-state index in [2.05, 4.69) is 0 Å². The number of hydrogen-bond donors (Lipinski definition) is 1. The summed E-state index contributed by atoms with van der Waals surface area (Å²) in [7, 11) is 1.65. The molecule has 29 unspecified atom stereocenters. The molecule has 0 bridgehead atoms. The van der Waals surface area contributed by atoms with Gasteiger partial charge in [0, 0.05) is 13.2 Å². The molecule has 0 aliphatic carbocycles. The highest BCUT2D eigenvalue weighted by Crippen LogP contribution is 2.15. The topological polar surface area (TPSA) is 349 Å². The Kier molecular flexibility index (Phi) is 89.0. The van der Waals surface area contributed by atoms with Crippen molar-refractivity contribution < 1.29 is 166 Å². The molecule has 0 aromatic rings. The fraction of sp³-hybridized carbons (Fsp3) is 1.00. The zero-order valence-corrected chi connectivity index (χ0v) is 90.6.